The van der Waals surface area contributed by atoms with Gasteiger partial charge in [-0.3, -0.25) is 4.79 Å². The summed E-state index contributed by atoms with van der Waals surface area (Å²) in [5.41, 5.74) is 1.18. The summed E-state index contributed by atoms with van der Waals surface area (Å²) < 4.78 is 17.0. The highest BCUT2D eigenvalue weighted by atomic mass is 16.5. The van der Waals surface area contributed by atoms with E-state index in [1.54, 1.807) is 0 Å². The van der Waals surface area contributed by atoms with Gasteiger partial charge in [-0.25, -0.2) is 0 Å². The molecule has 24 heavy (non-hydrogen) atoms. The van der Waals surface area contributed by atoms with Crippen molar-refractivity contribution in [2.75, 3.05) is 13.7 Å². The molecule has 0 saturated carbocycles. The second-order valence-electron chi connectivity index (χ2n) is 6.98. The van der Waals surface area contributed by atoms with E-state index >= 15 is 0 Å². The van der Waals surface area contributed by atoms with Crippen LogP contribution in [0.15, 0.2) is 30.3 Å². The van der Waals surface area contributed by atoms with Crippen LogP contribution in [0.5, 0.6) is 0 Å². The number of benzene rings is 1. The van der Waals surface area contributed by atoms with E-state index < -0.39 is 0 Å². The molecule has 0 N–H and O–H groups in total. The Morgan fingerprint density at radius 3 is 2.62 bits per heavy atom. The fourth-order valence-electron chi connectivity index (χ4n) is 3.43. The van der Waals surface area contributed by atoms with E-state index in [1.165, 1.54) is 12.7 Å². The summed E-state index contributed by atoms with van der Waals surface area (Å²) in [7, 11) is 1.43. The van der Waals surface area contributed by atoms with Gasteiger partial charge in [-0.2, -0.15) is 0 Å². The second-order valence-corrected chi connectivity index (χ2v) is 6.98. The maximum absolute atomic E-state index is 11.8. The minimum atomic E-state index is -0.220. The molecular weight excluding hydrogens is 304 g/mol. The van der Waals surface area contributed by atoms with Gasteiger partial charge in [-0.1, -0.05) is 44.2 Å². The van der Waals surface area contributed by atoms with Gasteiger partial charge in [0.15, 0.2) is 0 Å². The first kappa shape index (κ1) is 18.9. The second kappa shape index (κ2) is 9.19. The molecule has 1 saturated heterocycles. The van der Waals surface area contributed by atoms with Crippen molar-refractivity contribution in [2.45, 2.75) is 52.4 Å². The Morgan fingerprint density at radius 1 is 1.25 bits per heavy atom. The average Bonchev–Trinajstić information content (AvgIpc) is 2.61. The van der Waals surface area contributed by atoms with E-state index in [9.17, 15) is 4.79 Å². The minimum Gasteiger partial charge on any atom is -0.469 e. The number of methoxy groups -OCH3 is 1. The predicted octanol–water partition coefficient (Wildman–Crippen LogP) is 3.83. The molecule has 2 rings (SSSR count). The summed E-state index contributed by atoms with van der Waals surface area (Å²) in [6.07, 6.45) is 2.03. The zero-order valence-corrected chi connectivity index (χ0v) is 15.2. The minimum absolute atomic E-state index is 0.0600. The Balaban J connectivity index is 1.84. The number of ether oxygens (including phenoxy) is 3. The van der Waals surface area contributed by atoms with Crippen molar-refractivity contribution in [3.63, 3.8) is 0 Å². The number of hydrogen-bond acceptors (Lipinski definition) is 4. The quantitative estimate of drug-likeness (QED) is 0.711. The molecule has 0 aromatic heterocycles. The third-order valence-electron chi connectivity index (χ3n) is 4.98. The highest BCUT2D eigenvalue weighted by Gasteiger charge is 2.36. The van der Waals surface area contributed by atoms with Gasteiger partial charge in [0.05, 0.1) is 38.4 Å². The van der Waals surface area contributed by atoms with Crippen LogP contribution in [-0.4, -0.2) is 31.9 Å². The van der Waals surface area contributed by atoms with Crippen LogP contribution in [0.3, 0.4) is 0 Å². The van der Waals surface area contributed by atoms with Gasteiger partial charge in [0.1, 0.15) is 0 Å². The van der Waals surface area contributed by atoms with Crippen LogP contribution < -0.4 is 0 Å². The molecule has 0 bridgehead atoms. The molecule has 4 nitrogen and oxygen atoms in total. The molecule has 1 fully saturated rings. The lowest BCUT2D eigenvalue weighted by molar-refractivity contribution is -0.164. The molecule has 0 amide bonds. The molecule has 1 aliphatic heterocycles. The molecule has 0 spiro atoms. The summed E-state index contributed by atoms with van der Waals surface area (Å²) in [4.78, 5) is 11.8. The van der Waals surface area contributed by atoms with Crippen molar-refractivity contribution in [1.82, 2.24) is 0 Å². The maximum Gasteiger partial charge on any atom is 0.311 e. The average molecular weight is 334 g/mol. The van der Waals surface area contributed by atoms with Crippen LogP contribution in [0.1, 0.15) is 39.2 Å². The molecule has 2 unspecified atom stereocenters. The third-order valence-corrected chi connectivity index (χ3v) is 4.98. The predicted molar refractivity (Wildman–Crippen MR) is 93.5 cm³/mol. The molecule has 4 heteroatoms. The topological polar surface area (TPSA) is 44.8 Å². The highest BCUT2D eigenvalue weighted by molar-refractivity contribution is 5.72. The van der Waals surface area contributed by atoms with E-state index in [-0.39, 0.29) is 30.0 Å². The summed E-state index contributed by atoms with van der Waals surface area (Å²) >= 11 is 0. The van der Waals surface area contributed by atoms with Gasteiger partial charge in [0.2, 0.25) is 0 Å². The van der Waals surface area contributed by atoms with Crippen molar-refractivity contribution in [2.24, 2.45) is 17.8 Å². The van der Waals surface area contributed by atoms with Crippen molar-refractivity contribution in [3.8, 4) is 0 Å². The fraction of sp³-hybridized carbons (Fsp3) is 0.650. The summed E-state index contributed by atoms with van der Waals surface area (Å²) in [5, 5.41) is 0. The maximum atomic E-state index is 11.8. The first-order valence-corrected chi connectivity index (χ1v) is 8.87. The van der Waals surface area contributed by atoms with Gasteiger partial charge in [-0.05, 0) is 31.2 Å². The van der Waals surface area contributed by atoms with Crippen LogP contribution >= 0.6 is 0 Å². The number of esters is 1. The first-order valence-electron chi connectivity index (χ1n) is 8.87. The molecule has 1 aromatic rings. The molecule has 0 aliphatic carbocycles. The zero-order valence-electron chi connectivity index (χ0n) is 15.2. The summed E-state index contributed by atoms with van der Waals surface area (Å²) in [6.45, 7) is 7.55. The van der Waals surface area contributed by atoms with Gasteiger partial charge < -0.3 is 14.2 Å². The highest BCUT2D eigenvalue weighted by Crippen LogP contribution is 2.33. The van der Waals surface area contributed by atoms with Crippen molar-refractivity contribution in [1.29, 1.82) is 0 Å². The number of carbonyl (C=O) groups is 1. The Labute approximate surface area is 145 Å². The van der Waals surface area contributed by atoms with Crippen LogP contribution in [0.4, 0.5) is 0 Å². The lowest BCUT2D eigenvalue weighted by Gasteiger charge is -2.39. The third kappa shape index (κ3) is 5.05. The van der Waals surface area contributed by atoms with Crippen LogP contribution in [0, 0.1) is 17.8 Å². The van der Waals surface area contributed by atoms with Crippen molar-refractivity contribution in [3.05, 3.63) is 35.9 Å². The largest absolute Gasteiger partial charge is 0.469 e. The SMILES string of the molecule is COC(=O)[C@H](C)C1CC[C@H](C)[C@@H](C(C)COCc2ccccc2)O1. The molecule has 1 aliphatic rings. The van der Waals surface area contributed by atoms with E-state index in [0.29, 0.717) is 19.1 Å². The van der Waals surface area contributed by atoms with E-state index in [4.69, 9.17) is 14.2 Å². The summed E-state index contributed by atoms with van der Waals surface area (Å²) in [5.74, 6) is 0.349. The lowest BCUT2D eigenvalue weighted by atomic mass is 9.84. The molecule has 134 valence electrons. The van der Waals surface area contributed by atoms with Gasteiger partial charge in [0, 0.05) is 5.92 Å². The van der Waals surface area contributed by atoms with E-state index in [1.807, 2.05) is 25.1 Å². The number of carbonyl (C=O) groups excluding carboxylic acids is 1. The Hall–Kier alpha value is -1.39. The van der Waals surface area contributed by atoms with Crippen LogP contribution in [0.25, 0.3) is 0 Å². The van der Waals surface area contributed by atoms with Crippen molar-refractivity contribution < 1.29 is 19.0 Å². The van der Waals surface area contributed by atoms with Crippen LogP contribution in [0.2, 0.25) is 0 Å². The number of hydrogen-bond donors (Lipinski definition) is 0. The smallest absolute Gasteiger partial charge is 0.311 e. The van der Waals surface area contributed by atoms with Crippen molar-refractivity contribution >= 4 is 5.97 Å². The number of rotatable bonds is 7. The first-order chi connectivity index (χ1) is 11.5. The van der Waals surface area contributed by atoms with E-state index in [0.717, 1.165) is 12.8 Å². The molecular formula is C20H30O4. The Morgan fingerprint density at radius 2 is 1.96 bits per heavy atom. The standard InChI is InChI=1S/C20H30O4/c1-14-10-11-18(16(3)20(21)22-4)24-19(14)15(2)12-23-13-17-8-6-5-7-9-17/h5-9,14-16,18-19H,10-13H2,1-4H3/t14-,15?,16+,18?,19-/m0/s1. The molecule has 1 aromatic carbocycles. The van der Waals surface area contributed by atoms with Gasteiger partial charge in [-0.15, -0.1) is 0 Å². The molecule has 0 radical (unpaired) electrons. The zero-order chi connectivity index (χ0) is 17.5. The Kier molecular flexibility index (Phi) is 7.25. The lowest BCUT2D eigenvalue weighted by Crippen LogP contribution is -2.43. The Bertz CT molecular complexity index is 502. The monoisotopic (exact) mass is 334 g/mol. The normalized spacial score (nSPS) is 26.6. The summed E-state index contributed by atoms with van der Waals surface area (Å²) in [6, 6.07) is 10.2. The fourth-order valence-corrected chi connectivity index (χ4v) is 3.43. The van der Waals surface area contributed by atoms with Crippen LogP contribution in [-0.2, 0) is 25.6 Å². The molecule has 5 atom stereocenters. The van der Waals surface area contributed by atoms with Gasteiger partial charge in [0.25, 0.3) is 0 Å². The van der Waals surface area contributed by atoms with E-state index in [2.05, 4.69) is 26.0 Å². The molecule has 1 heterocycles. The van der Waals surface area contributed by atoms with Gasteiger partial charge >= 0.3 is 5.97 Å².